The Morgan fingerprint density at radius 2 is 1.78 bits per heavy atom. The molecule has 0 aliphatic heterocycles. The number of hydrogen-bond donors (Lipinski definition) is 0. The van der Waals surface area contributed by atoms with Crippen molar-refractivity contribution in [1.82, 2.24) is 0 Å². The van der Waals surface area contributed by atoms with Crippen LogP contribution in [0, 0.1) is 0 Å². The summed E-state index contributed by atoms with van der Waals surface area (Å²) in [6, 6.07) is 6.87. The van der Waals surface area contributed by atoms with Crippen LogP contribution in [0.25, 0.3) is 0 Å². The lowest BCUT2D eigenvalue weighted by atomic mass is 10.1. The maximum atomic E-state index is 11.4. The van der Waals surface area contributed by atoms with Gasteiger partial charge >= 0.3 is 11.9 Å². The summed E-state index contributed by atoms with van der Waals surface area (Å²) in [5.74, 6) is -0.724. The molecule has 0 aromatic heterocycles. The van der Waals surface area contributed by atoms with Crippen LogP contribution < -0.4 is 0 Å². The summed E-state index contributed by atoms with van der Waals surface area (Å²) in [6.45, 7) is 3.67. The highest BCUT2D eigenvalue weighted by molar-refractivity contribution is 5.89. The van der Waals surface area contributed by atoms with Crippen LogP contribution in [0.5, 0.6) is 0 Å². The molecule has 1 aromatic carbocycles. The summed E-state index contributed by atoms with van der Waals surface area (Å²) in [6.07, 6.45) is 0. The van der Waals surface area contributed by atoms with Crippen molar-refractivity contribution in [2.75, 3.05) is 13.4 Å². The first-order valence-corrected chi connectivity index (χ1v) is 5.60. The smallest absolute Gasteiger partial charge is 0.338 e. The first-order valence-electron chi connectivity index (χ1n) is 5.60. The van der Waals surface area contributed by atoms with E-state index in [1.54, 1.807) is 31.2 Å². The van der Waals surface area contributed by atoms with Crippen molar-refractivity contribution in [2.45, 2.75) is 20.5 Å². The average Bonchev–Trinajstić information content (AvgIpc) is 2.35. The van der Waals surface area contributed by atoms with Gasteiger partial charge in [0, 0.05) is 6.92 Å². The predicted molar refractivity (Wildman–Crippen MR) is 63.8 cm³/mol. The second kappa shape index (κ2) is 7.45. The summed E-state index contributed by atoms with van der Waals surface area (Å²) in [5, 5.41) is 0. The SMILES string of the molecule is CCOC(=O)c1ccc(COCOC(C)=O)cc1. The number of rotatable bonds is 6. The van der Waals surface area contributed by atoms with Gasteiger partial charge < -0.3 is 14.2 Å². The second-order valence-corrected chi connectivity index (χ2v) is 3.52. The van der Waals surface area contributed by atoms with Crippen LogP contribution in [0.15, 0.2) is 24.3 Å². The molecule has 1 rings (SSSR count). The fraction of sp³-hybridized carbons (Fsp3) is 0.385. The van der Waals surface area contributed by atoms with E-state index >= 15 is 0 Å². The molecule has 0 amide bonds. The lowest BCUT2D eigenvalue weighted by molar-refractivity contribution is -0.154. The minimum absolute atomic E-state index is 0.0744. The molecule has 0 radical (unpaired) electrons. The number of carbonyl (C=O) groups is 2. The molecule has 0 heterocycles. The number of ether oxygens (including phenoxy) is 3. The van der Waals surface area contributed by atoms with Crippen LogP contribution in [0.2, 0.25) is 0 Å². The van der Waals surface area contributed by atoms with Crippen LogP contribution in [0.4, 0.5) is 0 Å². The maximum Gasteiger partial charge on any atom is 0.338 e. The first-order chi connectivity index (χ1) is 8.63. The third-order valence-corrected chi connectivity index (χ3v) is 2.08. The van der Waals surface area contributed by atoms with Crippen LogP contribution in [0.1, 0.15) is 29.8 Å². The lowest BCUT2D eigenvalue weighted by Crippen LogP contribution is -2.06. The summed E-state index contributed by atoms with van der Waals surface area (Å²) >= 11 is 0. The zero-order valence-electron chi connectivity index (χ0n) is 10.5. The van der Waals surface area contributed by atoms with E-state index in [9.17, 15) is 9.59 Å². The zero-order chi connectivity index (χ0) is 13.4. The topological polar surface area (TPSA) is 61.8 Å². The minimum atomic E-state index is -0.382. The molecule has 0 spiro atoms. The molecule has 0 fully saturated rings. The van der Waals surface area contributed by atoms with Crippen LogP contribution in [-0.4, -0.2) is 25.3 Å². The number of benzene rings is 1. The Balaban J connectivity index is 2.40. The van der Waals surface area contributed by atoms with Gasteiger partial charge in [0.1, 0.15) is 0 Å². The molecule has 1 aromatic rings. The summed E-state index contributed by atoms with van der Waals surface area (Å²) < 4.78 is 14.6. The van der Waals surface area contributed by atoms with Crippen LogP contribution >= 0.6 is 0 Å². The first kappa shape index (κ1) is 14.2. The molecule has 0 bridgehead atoms. The molecule has 0 unspecified atom stereocenters. The van der Waals surface area contributed by atoms with E-state index in [2.05, 4.69) is 4.74 Å². The third-order valence-electron chi connectivity index (χ3n) is 2.08. The van der Waals surface area contributed by atoms with Crippen LogP contribution in [0.3, 0.4) is 0 Å². The summed E-state index contributed by atoms with van der Waals surface area (Å²) in [4.78, 5) is 21.9. The van der Waals surface area contributed by atoms with Gasteiger partial charge in [-0.3, -0.25) is 4.79 Å². The van der Waals surface area contributed by atoms with Crippen molar-refractivity contribution in [3.8, 4) is 0 Å². The molecule has 98 valence electrons. The largest absolute Gasteiger partial charge is 0.462 e. The monoisotopic (exact) mass is 252 g/mol. The van der Waals surface area contributed by atoms with Gasteiger partial charge in [0.15, 0.2) is 6.79 Å². The predicted octanol–water partition coefficient (Wildman–Crippen LogP) is 1.90. The van der Waals surface area contributed by atoms with E-state index in [4.69, 9.17) is 9.47 Å². The van der Waals surface area contributed by atoms with Gasteiger partial charge in [0.2, 0.25) is 0 Å². The van der Waals surface area contributed by atoms with Crippen molar-refractivity contribution in [2.24, 2.45) is 0 Å². The van der Waals surface area contributed by atoms with Crippen molar-refractivity contribution in [1.29, 1.82) is 0 Å². The molecule has 0 N–H and O–H groups in total. The Labute approximate surface area is 106 Å². The van der Waals surface area contributed by atoms with Crippen molar-refractivity contribution >= 4 is 11.9 Å². The fourth-order valence-corrected chi connectivity index (χ4v) is 1.24. The van der Waals surface area contributed by atoms with E-state index in [-0.39, 0.29) is 18.7 Å². The van der Waals surface area contributed by atoms with Gasteiger partial charge in [0.25, 0.3) is 0 Å². The van der Waals surface area contributed by atoms with Crippen molar-refractivity contribution < 1.29 is 23.8 Å². The van der Waals surface area contributed by atoms with E-state index in [1.165, 1.54) is 6.92 Å². The molecule has 0 saturated heterocycles. The molecule has 5 heteroatoms. The minimum Gasteiger partial charge on any atom is -0.462 e. The summed E-state index contributed by atoms with van der Waals surface area (Å²) in [5.41, 5.74) is 1.38. The van der Waals surface area contributed by atoms with Crippen molar-refractivity contribution in [3.63, 3.8) is 0 Å². The molecule has 18 heavy (non-hydrogen) atoms. The van der Waals surface area contributed by atoms with E-state index in [0.717, 1.165) is 5.56 Å². The third kappa shape index (κ3) is 4.97. The molecule has 0 saturated carbocycles. The van der Waals surface area contributed by atoms with Gasteiger partial charge in [-0.15, -0.1) is 0 Å². The van der Waals surface area contributed by atoms with Gasteiger partial charge in [-0.2, -0.15) is 0 Å². The Morgan fingerprint density at radius 3 is 2.33 bits per heavy atom. The van der Waals surface area contributed by atoms with Gasteiger partial charge in [-0.1, -0.05) is 12.1 Å². The normalized spacial score (nSPS) is 9.89. The Bertz CT molecular complexity index is 396. The molecule has 0 aliphatic carbocycles. The molecular weight excluding hydrogens is 236 g/mol. The molecular formula is C13H16O5. The van der Waals surface area contributed by atoms with Gasteiger partial charge in [-0.05, 0) is 24.6 Å². The van der Waals surface area contributed by atoms with E-state index in [0.29, 0.717) is 18.8 Å². The maximum absolute atomic E-state index is 11.4. The standard InChI is InChI=1S/C13H16O5/c1-3-17-13(15)12-6-4-11(5-7-12)8-16-9-18-10(2)14/h4-7H,3,8-9H2,1-2H3. The highest BCUT2D eigenvalue weighted by Gasteiger charge is 2.05. The van der Waals surface area contributed by atoms with Gasteiger partial charge in [-0.25, -0.2) is 4.79 Å². The Morgan fingerprint density at radius 1 is 1.11 bits per heavy atom. The Kier molecular flexibility index (Phi) is 5.87. The van der Waals surface area contributed by atoms with E-state index < -0.39 is 0 Å². The second-order valence-electron chi connectivity index (χ2n) is 3.52. The fourth-order valence-electron chi connectivity index (χ4n) is 1.24. The average molecular weight is 252 g/mol. The number of hydrogen-bond acceptors (Lipinski definition) is 5. The zero-order valence-corrected chi connectivity index (χ0v) is 10.5. The quantitative estimate of drug-likeness (QED) is 0.439. The Hall–Kier alpha value is -1.88. The molecule has 5 nitrogen and oxygen atoms in total. The van der Waals surface area contributed by atoms with E-state index in [1.807, 2.05) is 0 Å². The number of esters is 2. The molecule has 0 aliphatic rings. The van der Waals surface area contributed by atoms with Crippen molar-refractivity contribution in [3.05, 3.63) is 35.4 Å². The van der Waals surface area contributed by atoms with Crippen LogP contribution in [-0.2, 0) is 25.6 Å². The lowest BCUT2D eigenvalue weighted by Gasteiger charge is -2.05. The molecule has 0 atom stereocenters. The highest BCUT2D eigenvalue weighted by atomic mass is 16.7. The highest BCUT2D eigenvalue weighted by Crippen LogP contribution is 2.07. The number of carbonyl (C=O) groups excluding carboxylic acids is 2. The summed E-state index contributed by atoms with van der Waals surface area (Å²) in [7, 11) is 0. The van der Waals surface area contributed by atoms with Gasteiger partial charge in [0.05, 0.1) is 18.8 Å².